The van der Waals surface area contributed by atoms with Crippen LogP contribution in [0.25, 0.3) is 0 Å². The summed E-state index contributed by atoms with van der Waals surface area (Å²) in [4.78, 5) is 12.4. The van der Waals surface area contributed by atoms with Crippen molar-refractivity contribution in [3.05, 3.63) is 64.2 Å². The molecule has 0 radical (unpaired) electrons. The molecule has 0 saturated carbocycles. The smallest absolute Gasteiger partial charge is 0.465 e. The summed E-state index contributed by atoms with van der Waals surface area (Å²) in [5.41, 5.74) is -7.21. The Morgan fingerprint density at radius 3 is 1.64 bits per heavy atom. The number of halogens is 9. The van der Waals surface area contributed by atoms with Crippen molar-refractivity contribution in [1.82, 2.24) is 4.90 Å². The van der Waals surface area contributed by atoms with Crippen molar-refractivity contribution in [3.8, 4) is 0 Å². The van der Waals surface area contributed by atoms with Gasteiger partial charge in [-0.15, -0.1) is 0 Å². The van der Waals surface area contributed by atoms with E-state index < -0.39 is 78.3 Å². The first kappa shape index (κ1) is 30.6. The molecule has 1 saturated heterocycles. The zero-order valence-corrected chi connectivity index (χ0v) is 21.0. The van der Waals surface area contributed by atoms with E-state index in [4.69, 9.17) is 9.31 Å². The quantitative estimate of drug-likeness (QED) is 0.320. The van der Waals surface area contributed by atoms with Crippen LogP contribution in [0, 0.1) is 0 Å². The Hall–Kier alpha value is -2.94. The van der Waals surface area contributed by atoms with E-state index in [2.05, 4.69) is 0 Å². The molecule has 0 bridgehead atoms. The predicted octanol–water partition coefficient (Wildman–Crippen LogP) is 6.72. The van der Waals surface area contributed by atoms with Crippen LogP contribution in [0.2, 0.25) is 0 Å². The van der Waals surface area contributed by atoms with Crippen molar-refractivity contribution in [3.63, 3.8) is 0 Å². The molecule has 5 nitrogen and oxygen atoms in total. The molecule has 39 heavy (non-hydrogen) atoms. The highest BCUT2D eigenvalue weighted by molar-refractivity contribution is 6.62. The van der Waals surface area contributed by atoms with Gasteiger partial charge in [-0.2, -0.15) is 39.5 Å². The van der Waals surface area contributed by atoms with Gasteiger partial charge in [0.1, 0.15) is 0 Å². The van der Waals surface area contributed by atoms with Gasteiger partial charge in [-0.1, -0.05) is 12.1 Å². The average molecular weight is 571 g/mol. The van der Waals surface area contributed by atoms with E-state index in [-0.39, 0.29) is 17.1 Å². The number of alkyl halides is 9. The van der Waals surface area contributed by atoms with Crippen molar-refractivity contribution in [1.29, 1.82) is 0 Å². The average Bonchev–Trinajstić information content (AvgIpc) is 2.97. The van der Waals surface area contributed by atoms with Crippen LogP contribution in [0.5, 0.6) is 0 Å². The summed E-state index contributed by atoms with van der Waals surface area (Å²) in [7, 11) is -1.23. The van der Waals surface area contributed by atoms with E-state index in [0.29, 0.717) is 23.1 Å². The lowest BCUT2D eigenvalue weighted by Gasteiger charge is -2.32. The van der Waals surface area contributed by atoms with E-state index in [1.54, 1.807) is 27.7 Å². The highest BCUT2D eigenvalue weighted by atomic mass is 19.4. The Morgan fingerprint density at radius 1 is 0.769 bits per heavy atom. The fourth-order valence-electron chi connectivity index (χ4n) is 3.85. The van der Waals surface area contributed by atoms with E-state index in [1.165, 1.54) is 0 Å². The number of amides is 1. The van der Waals surface area contributed by atoms with Gasteiger partial charge >= 0.3 is 31.7 Å². The minimum Gasteiger partial charge on any atom is -0.465 e. The first-order chi connectivity index (χ1) is 17.5. The number of rotatable bonds is 5. The van der Waals surface area contributed by atoms with Gasteiger partial charge in [0.2, 0.25) is 0 Å². The minimum absolute atomic E-state index is 0.0212. The first-order valence-electron chi connectivity index (χ1n) is 11.3. The molecule has 2 aromatic carbocycles. The lowest BCUT2D eigenvalue weighted by molar-refractivity contribution is -0.143. The van der Waals surface area contributed by atoms with E-state index >= 15 is 0 Å². The second-order valence-electron chi connectivity index (χ2n) is 10.1. The maximum absolute atomic E-state index is 13.5. The molecule has 1 aliphatic rings. The van der Waals surface area contributed by atoms with Crippen molar-refractivity contribution in [2.45, 2.75) is 70.5 Å². The second-order valence-corrected chi connectivity index (χ2v) is 10.1. The molecule has 0 aliphatic carbocycles. The molecule has 214 valence electrons. The van der Waals surface area contributed by atoms with Crippen molar-refractivity contribution >= 4 is 18.7 Å². The van der Waals surface area contributed by atoms with Gasteiger partial charge in [-0.25, -0.2) is 4.79 Å². The molecule has 0 atom stereocenters. The highest BCUT2D eigenvalue weighted by Gasteiger charge is 2.52. The number of benzene rings is 2. The Bertz CT molecular complexity index is 1190. The molecule has 0 spiro atoms. The van der Waals surface area contributed by atoms with E-state index in [0.717, 1.165) is 12.1 Å². The molecule has 0 unspecified atom stereocenters. The lowest BCUT2D eigenvalue weighted by atomic mass is 9.75. The molecule has 1 aliphatic heterocycles. The summed E-state index contributed by atoms with van der Waals surface area (Å²) in [6.45, 7) is 4.88. The number of hydrogen-bond acceptors (Lipinski definition) is 3. The molecular formula is C24H23BF9NO4. The molecule has 15 heteroatoms. The molecule has 1 amide bonds. The zero-order chi connectivity index (χ0) is 29.8. The third-order valence-corrected chi connectivity index (χ3v) is 6.63. The van der Waals surface area contributed by atoms with Crippen LogP contribution < -0.4 is 5.46 Å². The van der Waals surface area contributed by atoms with Crippen molar-refractivity contribution in [2.75, 3.05) is 0 Å². The fraction of sp³-hybridized carbons (Fsp3) is 0.458. The first-order valence-corrected chi connectivity index (χ1v) is 11.3. The van der Waals surface area contributed by atoms with Gasteiger partial charge in [0.15, 0.2) is 0 Å². The highest BCUT2D eigenvalue weighted by Crippen LogP contribution is 2.39. The Balaban J connectivity index is 2.06. The number of carbonyl (C=O) groups is 1. The van der Waals surface area contributed by atoms with Crippen LogP contribution in [0.3, 0.4) is 0 Å². The summed E-state index contributed by atoms with van der Waals surface area (Å²) < 4.78 is 132. The van der Waals surface area contributed by atoms with Gasteiger partial charge in [0.05, 0.1) is 27.9 Å². The predicted molar refractivity (Wildman–Crippen MR) is 121 cm³/mol. The Labute approximate surface area is 217 Å². The summed E-state index contributed by atoms with van der Waals surface area (Å²) in [6, 6.07) is 3.00. The lowest BCUT2D eigenvalue weighted by Crippen LogP contribution is -2.41. The molecule has 0 aromatic heterocycles. The van der Waals surface area contributed by atoms with Gasteiger partial charge in [-0.3, -0.25) is 4.90 Å². The standard InChI is InChI=1S/C24H23BF9NO4/c1-20(2)21(3,4)39-25(38-20)18-6-5-15(22(26,27)28)9-14(18)12-35(19(36)37)11-13-7-16(23(29,30)31)10-17(8-13)24(32,33)34/h5-10H,11-12H2,1-4H3,(H,36,37). The summed E-state index contributed by atoms with van der Waals surface area (Å²) in [5, 5.41) is 9.70. The van der Waals surface area contributed by atoms with Gasteiger partial charge in [0.25, 0.3) is 0 Å². The normalized spacial score (nSPS) is 17.4. The number of nitrogens with zero attached hydrogens (tertiary/aromatic N) is 1. The number of hydrogen-bond donors (Lipinski definition) is 1. The van der Waals surface area contributed by atoms with Crippen LogP contribution in [-0.2, 0) is 40.9 Å². The van der Waals surface area contributed by atoms with Crippen molar-refractivity contribution in [2.24, 2.45) is 0 Å². The third kappa shape index (κ3) is 6.80. The molecule has 2 aromatic rings. The molecule has 1 heterocycles. The second kappa shape index (κ2) is 9.91. The monoisotopic (exact) mass is 571 g/mol. The summed E-state index contributed by atoms with van der Waals surface area (Å²) in [6.07, 6.45) is -17.0. The molecule has 3 rings (SSSR count). The van der Waals surface area contributed by atoms with E-state index in [9.17, 15) is 49.4 Å². The Kier molecular flexibility index (Phi) is 7.78. The minimum atomic E-state index is -5.17. The van der Waals surface area contributed by atoms with Crippen LogP contribution in [0.15, 0.2) is 36.4 Å². The van der Waals surface area contributed by atoms with Gasteiger partial charge in [-0.05, 0) is 68.6 Å². The third-order valence-electron chi connectivity index (χ3n) is 6.63. The SMILES string of the molecule is CC1(C)OB(c2ccc(C(F)(F)F)cc2CN(Cc2cc(C(F)(F)F)cc(C(F)(F)F)c2)C(=O)O)OC1(C)C. The Morgan fingerprint density at radius 2 is 1.23 bits per heavy atom. The summed E-state index contributed by atoms with van der Waals surface area (Å²) in [5.74, 6) is 0. The molecule has 1 fully saturated rings. The van der Waals surface area contributed by atoms with Crippen LogP contribution >= 0.6 is 0 Å². The zero-order valence-electron chi connectivity index (χ0n) is 21.0. The van der Waals surface area contributed by atoms with E-state index in [1.807, 2.05) is 0 Å². The fourth-order valence-corrected chi connectivity index (χ4v) is 3.85. The topological polar surface area (TPSA) is 59.0 Å². The summed E-state index contributed by atoms with van der Waals surface area (Å²) >= 11 is 0. The van der Waals surface area contributed by atoms with Crippen LogP contribution in [0.4, 0.5) is 44.3 Å². The molecule has 1 N–H and O–H groups in total. The maximum atomic E-state index is 13.5. The molecular weight excluding hydrogens is 548 g/mol. The van der Waals surface area contributed by atoms with Gasteiger partial charge in [0, 0.05) is 13.1 Å². The number of carboxylic acid groups (broad SMARTS) is 1. The largest absolute Gasteiger partial charge is 0.495 e. The van der Waals surface area contributed by atoms with Gasteiger partial charge < -0.3 is 14.4 Å². The van der Waals surface area contributed by atoms with Crippen LogP contribution in [-0.4, -0.2) is 34.4 Å². The van der Waals surface area contributed by atoms with Crippen LogP contribution in [0.1, 0.15) is 55.5 Å². The maximum Gasteiger partial charge on any atom is 0.495 e. The van der Waals surface area contributed by atoms with Crippen molar-refractivity contribution < 1.29 is 58.7 Å².